The van der Waals surface area contributed by atoms with Gasteiger partial charge in [0.15, 0.2) is 35.7 Å². The maximum absolute atomic E-state index is 15.2. The molecule has 0 radical (unpaired) electrons. The van der Waals surface area contributed by atoms with Gasteiger partial charge < -0.3 is 28.4 Å². The first-order valence-corrected chi connectivity index (χ1v) is 26.3. The summed E-state index contributed by atoms with van der Waals surface area (Å²) in [6.45, 7) is 18.7. The van der Waals surface area contributed by atoms with Gasteiger partial charge in [-0.05, 0) is 132 Å². The normalized spacial score (nSPS) is 56.9. The van der Waals surface area contributed by atoms with Gasteiger partial charge in [0.05, 0.1) is 37.6 Å². The van der Waals surface area contributed by atoms with Crippen molar-refractivity contribution in [2.45, 2.75) is 230 Å². The van der Waals surface area contributed by atoms with Crippen LogP contribution in [0.5, 0.6) is 0 Å². The lowest BCUT2D eigenvalue weighted by Gasteiger charge is -2.60. The molecule has 15 rings (SSSR count). The lowest BCUT2D eigenvalue weighted by atomic mass is 9.57. The summed E-state index contributed by atoms with van der Waals surface area (Å²) in [6.07, 6.45) is 5.26. The summed E-state index contributed by atoms with van der Waals surface area (Å²) < 4.78 is 40.5. The zero-order valence-electron chi connectivity index (χ0n) is 41.1. The maximum Gasteiger partial charge on any atom is 0.238 e. The third-order valence-electron chi connectivity index (χ3n) is 20.8. The molecule has 0 N–H and O–H groups in total. The number of fused-ring (bicyclic) bond motifs is 6. The number of carbonyl (C=O) groups is 3. The third kappa shape index (κ3) is 6.69. The fourth-order valence-corrected chi connectivity index (χ4v) is 16.8. The van der Waals surface area contributed by atoms with Crippen molar-refractivity contribution in [3.8, 4) is 0 Å². The van der Waals surface area contributed by atoms with Crippen molar-refractivity contribution in [1.82, 2.24) is 4.90 Å². The number of hydrogen-bond donors (Lipinski definition) is 0. The van der Waals surface area contributed by atoms with Crippen molar-refractivity contribution in [1.29, 1.82) is 0 Å². The first kappa shape index (κ1) is 46.4. The molecule has 16 nitrogen and oxygen atoms in total. The largest absolute Gasteiger partial charge is 0.345 e. The molecule has 0 aromatic rings. The van der Waals surface area contributed by atoms with Crippen LogP contribution < -0.4 is 0 Å². The van der Waals surface area contributed by atoms with Crippen LogP contribution in [0.25, 0.3) is 0 Å². The second-order valence-electron chi connectivity index (χ2n) is 24.5. The highest BCUT2D eigenvalue weighted by molar-refractivity contribution is 6.11. The Morgan fingerprint density at radius 3 is 0.970 bits per heavy atom. The topological polar surface area (TPSA) is 165 Å². The van der Waals surface area contributed by atoms with Crippen molar-refractivity contribution in [2.24, 2.45) is 71.0 Å². The average Bonchev–Trinajstić information content (AvgIpc) is 3.76. The lowest BCUT2D eigenvalue weighted by molar-refractivity contribution is -0.571. The first-order chi connectivity index (χ1) is 31.8. The van der Waals surface area contributed by atoms with Crippen LogP contribution in [0.1, 0.15) is 159 Å². The minimum atomic E-state index is -0.994. The molecule has 3 spiro atoms. The van der Waals surface area contributed by atoms with E-state index in [-0.39, 0.29) is 72.5 Å². The van der Waals surface area contributed by atoms with E-state index in [1.54, 1.807) is 0 Å². The predicted molar refractivity (Wildman–Crippen MR) is 231 cm³/mol. The van der Waals surface area contributed by atoms with Crippen molar-refractivity contribution in [3.05, 3.63) is 0 Å². The van der Waals surface area contributed by atoms with E-state index in [1.807, 2.05) is 20.8 Å². The SMILES string of the molecule is C[C@@H]1CC[C@H]2[C@@H](C)C(CC(=O)N(C(=O)CC3O[C@@H]4OC5(C)CC[C@H]6[C@H](C)CC[C@@H]([C@H]3C)[C@@]46OO5)C(=O)CC3O[C@@H]4OC5(C)CC[C@H]6[C@H](C)CC[C@@H]([C@H]3C)[C@@]46OO5)O[C@@H]3OC4(C)CC[C@@H]1[C@]32OO4. The van der Waals surface area contributed by atoms with Gasteiger partial charge in [-0.15, -0.1) is 0 Å². The minimum Gasteiger partial charge on any atom is -0.345 e. The second-order valence-corrected chi connectivity index (χ2v) is 24.5. The predicted octanol–water partition coefficient (Wildman–Crippen LogP) is 7.79. The van der Waals surface area contributed by atoms with E-state index in [1.165, 1.54) is 0 Å². The Balaban J connectivity index is 0.842. The van der Waals surface area contributed by atoms with Crippen LogP contribution in [0.15, 0.2) is 0 Å². The number of hydrogen-bond acceptors (Lipinski definition) is 15. The standard InChI is InChI=1S/C51H75NO15/c1-25-10-13-34-28(4)37(56-43-49(34)31(25)16-19-46(7,59-43)62-65-49)22-40(53)52(41(54)23-38-29(5)35-14-11-26(2)32-17-20-47(8)60-44(57-38)50(32,35)66-63-47)42(55)24-39-30(6)36-15-12-27(3)33-18-21-48(9)61-45(58-39)51(33,36)67-64-48/h25-39,43-45H,10-24H2,1-9H3/t25-,26-,27-,28-,29-,30-,31+,32+,33+,34+,35+,36+,37?,38?,39?,43-,44-,45-,46?,47?,48?,49-,50-,51-/m1/s1. The molecule has 16 heteroatoms. The maximum atomic E-state index is 15.2. The number of imide groups is 3. The van der Waals surface area contributed by atoms with Gasteiger partial charge in [-0.25, -0.2) is 34.2 Å². The molecule has 24 atom stereocenters. The molecule has 6 unspecified atom stereocenters. The van der Waals surface area contributed by atoms with E-state index in [0.717, 1.165) is 62.7 Å². The van der Waals surface area contributed by atoms with Crippen LogP contribution in [-0.4, -0.2) is 94.0 Å². The van der Waals surface area contributed by atoms with Gasteiger partial charge in [-0.3, -0.25) is 14.4 Å². The fraction of sp³-hybridized carbons (Fsp3) is 0.941. The number of amides is 3. The minimum absolute atomic E-state index is 0.0321. The lowest BCUT2D eigenvalue weighted by Crippen LogP contribution is -2.71. The molecular formula is C51H75NO15. The smallest absolute Gasteiger partial charge is 0.238 e. The molecule has 12 aliphatic heterocycles. The summed E-state index contributed by atoms with van der Waals surface area (Å²) in [7, 11) is 0. The fourth-order valence-electron chi connectivity index (χ4n) is 16.8. The highest BCUT2D eigenvalue weighted by Crippen LogP contribution is 2.64. The molecule has 15 aliphatic rings. The molecule has 0 aromatic heterocycles. The summed E-state index contributed by atoms with van der Waals surface area (Å²) in [5, 5.41) is 0. The Labute approximate surface area is 394 Å². The molecule has 67 heavy (non-hydrogen) atoms. The monoisotopic (exact) mass is 942 g/mol. The Bertz CT molecular complexity index is 1790. The summed E-state index contributed by atoms with van der Waals surface area (Å²) >= 11 is 0. The third-order valence-corrected chi connectivity index (χ3v) is 20.8. The average molecular weight is 942 g/mol. The van der Waals surface area contributed by atoms with Crippen molar-refractivity contribution >= 4 is 17.7 Å². The molecule has 15 fully saturated rings. The van der Waals surface area contributed by atoms with Crippen LogP contribution in [0.4, 0.5) is 0 Å². The summed E-state index contributed by atoms with van der Waals surface area (Å²) in [4.78, 5) is 83.9. The zero-order valence-corrected chi connectivity index (χ0v) is 41.1. The Morgan fingerprint density at radius 2 is 0.687 bits per heavy atom. The summed E-state index contributed by atoms with van der Waals surface area (Å²) in [6, 6.07) is 0. The number of ether oxygens (including phenoxy) is 6. The molecule has 3 saturated carbocycles. The van der Waals surface area contributed by atoms with Crippen molar-refractivity contribution < 1.29 is 72.1 Å². The molecular weight excluding hydrogens is 867 g/mol. The van der Waals surface area contributed by atoms with E-state index in [2.05, 4.69) is 41.5 Å². The highest BCUT2D eigenvalue weighted by Gasteiger charge is 2.73. The van der Waals surface area contributed by atoms with Gasteiger partial charge in [0.2, 0.25) is 35.1 Å². The molecule has 6 bridgehead atoms. The Hall–Kier alpha value is -1.67. The number of carbonyl (C=O) groups excluding carboxylic acids is 3. The summed E-state index contributed by atoms with van der Waals surface area (Å²) in [5.74, 6) is -3.89. The van der Waals surface area contributed by atoms with E-state index < -0.39 is 89.1 Å². The van der Waals surface area contributed by atoms with E-state index in [0.29, 0.717) is 37.0 Å². The first-order valence-electron chi connectivity index (χ1n) is 26.3. The second kappa shape index (κ2) is 15.9. The molecule has 3 aliphatic carbocycles. The van der Waals surface area contributed by atoms with Gasteiger partial charge >= 0.3 is 0 Å². The molecule has 3 amide bonds. The summed E-state index contributed by atoms with van der Waals surface area (Å²) in [5.41, 5.74) is -2.46. The quantitative estimate of drug-likeness (QED) is 0.237. The zero-order chi connectivity index (χ0) is 46.8. The van der Waals surface area contributed by atoms with Crippen LogP contribution >= 0.6 is 0 Å². The van der Waals surface area contributed by atoms with Crippen LogP contribution in [-0.2, 0) is 72.1 Å². The van der Waals surface area contributed by atoms with Gasteiger partial charge in [-0.2, -0.15) is 0 Å². The Kier molecular flexibility index (Phi) is 11.0. The van der Waals surface area contributed by atoms with Crippen LogP contribution in [0.2, 0.25) is 0 Å². The number of nitrogens with zero attached hydrogens (tertiary/aromatic N) is 1. The van der Waals surface area contributed by atoms with Gasteiger partial charge in [0.25, 0.3) is 0 Å². The molecule has 374 valence electrons. The molecule has 0 aromatic carbocycles. The van der Waals surface area contributed by atoms with Crippen molar-refractivity contribution in [2.75, 3.05) is 0 Å². The molecule has 12 heterocycles. The van der Waals surface area contributed by atoms with E-state index >= 15 is 14.4 Å². The van der Waals surface area contributed by atoms with Gasteiger partial charge in [0.1, 0.15) is 0 Å². The van der Waals surface area contributed by atoms with Gasteiger partial charge in [-0.1, -0.05) is 41.5 Å². The van der Waals surface area contributed by atoms with Crippen LogP contribution in [0, 0.1) is 71.0 Å². The number of rotatable bonds is 6. The van der Waals surface area contributed by atoms with E-state index in [4.69, 9.17) is 57.7 Å². The Morgan fingerprint density at radius 1 is 0.403 bits per heavy atom. The van der Waals surface area contributed by atoms with Crippen LogP contribution in [0.3, 0.4) is 0 Å². The van der Waals surface area contributed by atoms with Crippen molar-refractivity contribution in [3.63, 3.8) is 0 Å². The molecule has 12 saturated heterocycles. The highest BCUT2D eigenvalue weighted by atomic mass is 17.3. The van der Waals surface area contributed by atoms with Gasteiger partial charge in [0, 0.05) is 37.0 Å². The van der Waals surface area contributed by atoms with E-state index in [9.17, 15) is 0 Å².